The van der Waals surface area contributed by atoms with Crippen LogP contribution in [-0.2, 0) is 16.2 Å². The molecule has 138 valence electrons. The molecule has 1 fully saturated rings. The van der Waals surface area contributed by atoms with E-state index in [1.54, 1.807) is 24.3 Å². The number of anilines is 1. The molecular weight excluding hydrogens is 378 g/mol. The Bertz CT molecular complexity index is 781. The minimum atomic E-state index is -0.917. The van der Waals surface area contributed by atoms with E-state index in [2.05, 4.69) is 15.5 Å². The van der Waals surface area contributed by atoms with Crippen LogP contribution in [0.15, 0.2) is 24.3 Å². The number of nitrogens with one attached hydrogen (secondary N) is 1. The number of carboxylic acids is 1. The number of carbonyl (C=O) groups excluding carboxylic acids is 1. The van der Waals surface area contributed by atoms with Crippen LogP contribution < -0.4 is 10.1 Å². The second-order valence-corrected chi connectivity index (χ2v) is 7.57. The highest BCUT2D eigenvalue weighted by Gasteiger charge is 2.36. The van der Waals surface area contributed by atoms with Gasteiger partial charge < -0.3 is 15.2 Å². The molecule has 0 bridgehead atoms. The van der Waals surface area contributed by atoms with Crippen molar-refractivity contribution in [2.75, 3.05) is 5.32 Å². The maximum Gasteiger partial charge on any atom is 0.307 e. The molecule has 0 saturated heterocycles. The summed E-state index contributed by atoms with van der Waals surface area (Å²) in [6, 6.07) is 6.96. The average Bonchev–Trinajstić information content (AvgIpc) is 3.08. The molecule has 1 aromatic heterocycles. The molecule has 1 aromatic carbocycles. The van der Waals surface area contributed by atoms with Crippen LogP contribution in [0.1, 0.15) is 30.7 Å². The second-order valence-electron chi connectivity index (χ2n) is 6.07. The lowest BCUT2D eigenvalue weighted by Crippen LogP contribution is -2.36. The van der Waals surface area contributed by atoms with Crippen molar-refractivity contribution in [3.05, 3.63) is 34.3 Å². The Morgan fingerprint density at radius 1 is 1.19 bits per heavy atom. The Kier molecular flexibility index (Phi) is 6.05. The largest absolute Gasteiger partial charge is 0.486 e. The monoisotopic (exact) mass is 395 g/mol. The molecule has 1 saturated carbocycles. The number of amides is 1. The zero-order valence-corrected chi connectivity index (χ0v) is 15.4. The number of rotatable bonds is 6. The van der Waals surface area contributed by atoms with E-state index in [-0.39, 0.29) is 12.5 Å². The number of halogens is 1. The van der Waals surface area contributed by atoms with Crippen molar-refractivity contribution >= 4 is 39.9 Å². The summed E-state index contributed by atoms with van der Waals surface area (Å²) in [5, 5.41) is 21.5. The molecule has 3 rings (SSSR count). The van der Waals surface area contributed by atoms with Crippen molar-refractivity contribution in [3.8, 4) is 5.75 Å². The number of aliphatic carboxylic acids is 1. The van der Waals surface area contributed by atoms with Crippen LogP contribution in [0.4, 0.5) is 5.13 Å². The molecule has 26 heavy (non-hydrogen) atoms. The smallest absolute Gasteiger partial charge is 0.307 e. The van der Waals surface area contributed by atoms with E-state index in [0.717, 1.165) is 12.8 Å². The molecule has 2 N–H and O–H groups in total. The van der Waals surface area contributed by atoms with Gasteiger partial charge in [-0.15, -0.1) is 10.2 Å². The van der Waals surface area contributed by atoms with E-state index in [1.165, 1.54) is 11.3 Å². The maximum absolute atomic E-state index is 12.4. The van der Waals surface area contributed by atoms with E-state index >= 15 is 0 Å². The lowest BCUT2D eigenvalue weighted by atomic mass is 9.79. The van der Waals surface area contributed by atoms with Gasteiger partial charge in [-0.2, -0.15) is 0 Å². The standard InChI is InChI=1S/C17H18ClN3O4S/c18-10-5-7-11(8-6-10)25-9-14-20-21-17(26-14)19-15(22)12-3-1-2-4-13(12)16(23)24/h5-8,12-13H,1-4,9H2,(H,23,24)(H,19,21,22)/t12-,13-/m1/s1. The number of carbonyl (C=O) groups is 2. The molecule has 0 spiro atoms. The third-order valence-electron chi connectivity index (χ3n) is 4.29. The zero-order chi connectivity index (χ0) is 18.5. The fourth-order valence-electron chi connectivity index (χ4n) is 2.98. The quantitative estimate of drug-likeness (QED) is 0.774. The summed E-state index contributed by atoms with van der Waals surface area (Å²) >= 11 is 7.03. The van der Waals surface area contributed by atoms with Crippen LogP contribution in [0.5, 0.6) is 5.75 Å². The van der Waals surface area contributed by atoms with Crippen molar-refractivity contribution in [1.29, 1.82) is 0 Å². The third-order valence-corrected chi connectivity index (χ3v) is 5.36. The van der Waals surface area contributed by atoms with Gasteiger partial charge in [-0.25, -0.2) is 0 Å². The highest BCUT2D eigenvalue weighted by molar-refractivity contribution is 7.15. The molecule has 0 aliphatic heterocycles. The SMILES string of the molecule is O=C(O)[C@@H]1CCCC[C@H]1C(=O)Nc1nnc(COc2ccc(Cl)cc2)s1. The lowest BCUT2D eigenvalue weighted by molar-refractivity contribution is -0.147. The van der Waals surface area contributed by atoms with Gasteiger partial charge in [0.2, 0.25) is 11.0 Å². The van der Waals surface area contributed by atoms with Gasteiger partial charge in [0.1, 0.15) is 12.4 Å². The molecule has 2 aromatic rings. The average molecular weight is 396 g/mol. The first-order valence-corrected chi connectivity index (χ1v) is 9.47. The molecular formula is C17H18ClN3O4S. The first-order chi connectivity index (χ1) is 12.5. The zero-order valence-electron chi connectivity index (χ0n) is 13.9. The van der Waals surface area contributed by atoms with Crippen LogP contribution in [-0.4, -0.2) is 27.2 Å². The Labute approximate surface area is 159 Å². The van der Waals surface area contributed by atoms with E-state index in [9.17, 15) is 14.7 Å². The Hall–Kier alpha value is -2.19. The molecule has 1 heterocycles. The van der Waals surface area contributed by atoms with E-state index in [1.807, 2.05) is 0 Å². The van der Waals surface area contributed by atoms with E-state index in [4.69, 9.17) is 16.3 Å². The minimum Gasteiger partial charge on any atom is -0.486 e. The number of carboxylic acid groups (broad SMARTS) is 1. The summed E-state index contributed by atoms with van der Waals surface area (Å²) < 4.78 is 5.59. The van der Waals surface area contributed by atoms with Crippen LogP contribution >= 0.6 is 22.9 Å². The van der Waals surface area contributed by atoms with Gasteiger partial charge in [-0.3, -0.25) is 9.59 Å². The van der Waals surface area contributed by atoms with Gasteiger partial charge in [0.15, 0.2) is 5.01 Å². The van der Waals surface area contributed by atoms with Gasteiger partial charge in [0, 0.05) is 5.02 Å². The van der Waals surface area contributed by atoms with Crippen molar-refractivity contribution < 1.29 is 19.4 Å². The van der Waals surface area contributed by atoms with Crippen LogP contribution in [0.2, 0.25) is 5.02 Å². The summed E-state index contributed by atoms with van der Waals surface area (Å²) in [5.74, 6) is -1.73. The predicted molar refractivity (Wildman–Crippen MR) is 97.4 cm³/mol. The van der Waals surface area contributed by atoms with Gasteiger partial charge in [0.05, 0.1) is 11.8 Å². The Morgan fingerprint density at radius 3 is 2.58 bits per heavy atom. The van der Waals surface area contributed by atoms with E-state index < -0.39 is 17.8 Å². The molecule has 1 aliphatic carbocycles. The highest BCUT2D eigenvalue weighted by Crippen LogP contribution is 2.31. The molecule has 7 nitrogen and oxygen atoms in total. The van der Waals surface area contributed by atoms with Gasteiger partial charge in [0.25, 0.3) is 0 Å². The fourth-order valence-corrected chi connectivity index (χ4v) is 3.76. The number of hydrogen-bond acceptors (Lipinski definition) is 6. The van der Waals surface area contributed by atoms with Crippen molar-refractivity contribution in [1.82, 2.24) is 10.2 Å². The Balaban J connectivity index is 1.56. The highest BCUT2D eigenvalue weighted by atomic mass is 35.5. The normalized spacial score (nSPS) is 19.7. The first kappa shape index (κ1) is 18.6. The number of benzene rings is 1. The van der Waals surface area contributed by atoms with Gasteiger partial charge in [-0.1, -0.05) is 35.8 Å². The summed E-state index contributed by atoms with van der Waals surface area (Å²) in [6.07, 6.45) is 2.81. The van der Waals surface area contributed by atoms with Crippen molar-refractivity contribution in [2.24, 2.45) is 11.8 Å². The minimum absolute atomic E-state index is 0.219. The fraction of sp³-hybridized carbons (Fsp3) is 0.412. The summed E-state index contributed by atoms with van der Waals surface area (Å²) in [5.41, 5.74) is 0. The van der Waals surface area contributed by atoms with Crippen molar-refractivity contribution in [2.45, 2.75) is 32.3 Å². The molecule has 0 radical (unpaired) electrons. The number of hydrogen-bond donors (Lipinski definition) is 2. The predicted octanol–water partition coefficient (Wildman–Crippen LogP) is 3.60. The molecule has 2 atom stereocenters. The first-order valence-electron chi connectivity index (χ1n) is 8.27. The van der Waals surface area contributed by atoms with Crippen LogP contribution in [0.25, 0.3) is 0 Å². The van der Waals surface area contributed by atoms with Crippen LogP contribution in [0.3, 0.4) is 0 Å². The maximum atomic E-state index is 12.4. The van der Waals surface area contributed by atoms with E-state index in [0.29, 0.717) is 33.8 Å². The van der Waals surface area contributed by atoms with Gasteiger partial charge in [-0.05, 0) is 37.1 Å². The third kappa shape index (κ3) is 4.70. The topological polar surface area (TPSA) is 101 Å². The number of aromatic nitrogens is 2. The molecule has 1 amide bonds. The molecule has 1 aliphatic rings. The van der Waals surface area contributed by atoms with Gasteiger partial charge >= 0.3 is 5.97 Å². The lowest BCUT2D eigenvalue weighted by Gasteiger charge is -2.26. The molecule has 9 heteroatoms. The Morgan fingerprint density at radius 2 is 1.88 bits per heavy atom. The van der Waals surface area contributed by atoms with Crippen molar-refractivity contribution in [3.63, 3.8) is 0 Å². The number of ether oxygens (including phenoxy) is 1. The second kappa shape index (κ2) is 8.46. The number of nitrogens with zero attached hydrogens (tertiary/aromatic N) is 2. The summed E-state index contributed by atoms with van der Waals surface area (Å²) in [6.45, 7) is 0.219. The van der Waals surface area contributed by atoms with Crippen LogP contribution in [0, 0.1) is 11.8 Å². The summed E-state index contributed by atoms with van der Waals surface area (Å²) in [4.78, 5) is 23.8. The summed E-state index contributed by atoms with van der Waals surface area (Å²) in [7, 11) is 0. The molecule has 0 unspecified atom stereocenters.